The average molecular weight is 921 g/mol. The number of ether oxygens (including phenoxy) is 6. The molecule has 0 aliphatic rings. The van der Waals surface area contributed by atoms with Gasteiger partial charge in [-0.1, -0.05) is 244 Å². The lowest BCUT2D eigenvalue weighted by Crippen LogP contribution is -2.29. The van der Waals surface area contributed by atoms with E-state index in [1.807, 2.05) is 36.4 Å². The van der Waals surface area contributed by atoms with Crippen LogP contribution in [0.15, 0.2) is 61.7 Å². The van der Waals surface area contributed by atoms with Gasteiger partial charge in [-0.05, 0) is 25.0 Å². The lowest BCUT2D eigenvalue weighted by molar-refractivity contribution is -0.148. The number of fused-ring (bicyclic) bond motifs is 1. The second-order valence-corrected chi connectivity index (χ2v) is 18.5. The second kappa shape index (κ2) is 43.0. The monoisotopic (exact) mass is 921 g/mol. The predicted molar refractivity (Wildman–Crippen MR) is 276 cm³/mol. The van der Waals surface area contributed by atoms with Crippen molar-refractivity contribution in [2.24, 2.45) is 0 Å². The highest BCUT2D eigenvalue weighted by atomic mass is 16.6. The molecule has 66 heavy (non-hydrogen) atoms. The first-order chi connectivity index (χ1) is 32.5. The van der Waals surface area contributed by atoms with Crippen molar-refractivity contribution in [3.63, 3.8) is 0 Å². The van der Waals surface area contributed by atoms with E-state index in [0.717, 1.165) is 48.6 Å². The Morgan fingerprint density at radius 1 is 0.409 bits per heavy atom. The summed E-state index contributed by atoms with van der Waals surface area (Å²) in [5, 5.41) is 1.69. The smallest absolute Gasteiger partial charge is 0.330 e. The molecule has 2 aromatic rings. The summed E-state index contributed by atoms with van der Waals surface area (Å²) >= 11 is 0. The molecule has 8 nitrogen and oxygen atoms in total. The normalized spacial score (nSPS) is 12.2. The summed E-state index contributed by atoms with van der Waals surface area (Å²) in [7, 11) is 0. The molecule has 0 saturated carbocycles. The van der Waals surface area contributed by atoms with Crippen LogP contribution in [0, 0.1) is 0 Å². The lowest BCUT2D eigenvalue weighted by Gasteiger charge is -2.20. The Bertz CT molecular complexity index is 1370. The third-order valence-corrected chi connectivity index (χ3v) is 12.5. The molecule has 0 heterocycles. The van der Waals surface area contributed by atoms with Crippen LogP contribution in [-0.2, 0) is 28.5 Å². The summed E-state index contributed by atoms with van der Waals surface area (Å²) in [6, 6.07) is 11.5. The molecule has 2 atom stereocenters. The van der Waals surface area contributed by atoms with Crippen LogP contribution in [0.2, 0.25) is 0 Å². The van der Waals surface area contributed by atoms with Crippen molar-refractivity contribution < 1.29 is 38.0 Å². The Balaban J connectivity index is 1.68. The third kappa shape index (κ3) is 31.6. The van der Waals surface area contributed by atoms with E-state index in [9.17, 15) is 9.59 Å². The Morgan fingerprint density at radius 2 is 0.682 bits per heavy atom. The van der Waals surface area contributed by atoms with Gasteiger partial charge in [0, 0.05) is 36.1 Å². The highest BCUT2D eigenvalue weighted by molar-refractivity contribution is 5.93. The summed E-state index contributed by atoms with van der Waals surface area (Å²) in [5.41, 5.74) is 0. The van der Waals surface area contributed by atoms with Gasteiger partial charge in [-0.2, -0.15) is 0 Å². The highest BCUT2D eigenvalue weighted by Crippen LogP contribution is 2.32. The Labute approximate surface area is 403 Å². The van der Waals surface area contributed by atoms with Gasteiger partial charge in [-0.25, -0.2) is 9.59 Å². The van der Waals surface area contributed by atoms with Gasteiger partial charge in [0.1, 0.15) is 24.7 Å². The molecule has 376 valence electrons. The van der Waals surface area contributed by atoms with Crippen LogP contribution in [0.1, 0.15) is 219 Å². The number of unbranched alkanes of at least 4 members (excludes halogenated alkanes) is 30. The molecule has 0 aliphatic heterocycles. The largest absolute Gasteiger partial charge is 0.489 e. The van der Waals surface area contributed by atoms with Crippen molar-refractivity contribution in [3.05, 3.63) is 61.7 Å². The van der Waals surface area contributed by atoms with Crippen LogP contribution >= 0.6 is 0 Å². The van der Waals surface area contributed by atoms with Crippen LogP contribution < -0.4 is 9.47 Å². The van der Waals surface area contributed by atoms with Crippen LogP contribution in [0.25, 0.3) is 10.8 Å². The predicted octanol–water partition coefficient (Wildman–Crippen LogP) is 16.3. The quantitative estimate of drug-likeness (QED) is 0.0368. The number of esters is 2. The van der Waals surface area contributed by atoms with E-state index in [0.29, 0.717) is 24.7 Å². The first kappa shape index (κ1) is 58.8. The van der Waals surface area contributed by atoms with Gasteiger partial charge in [0.05, 0.1) is 13.2 Å². The SMILES string of the molecule is C=CC(=O)OC(COCCCCCCCCCCCCCCCCCC)COc1cccc2c(OCC(COCCCCCCCCCCCCCCCCCC)OC(=O)C=C)cccc12. The lowest BCUT2D eigenvalue weighted by atomic mass is 10.0. The fourth-order valence-corrected chi connectivity index (χ4v) is 8.46. The van der Waals surface area contributed by atoms with Crippen LogP contribution in [0.3, 0.4) is 0 Å². The number of hydrogen-bond donors (Lipinski definition) is 0. The maximum Gasteiger partial charge on any atom is 0.330 e. The Hall–Kier alpha value is -3.36. The van der Waals surface area contributed by atoms with Gasteiger partial charge in [-0.15, -0.1) is 0 Å². The zero-order valence-corrected chi connectivity index (χ0v) is 42.3. The number of carbonyl (C=O) groups is 2. The molecular formula is C58H96O8. The molecule has 8 heteroatoms. The average Bonchev–Trinajstić information content (AvgIpc) is 3.33. The van der Waals surface area contributed by atoms with Crippen LogP contribution in [0.4, 0.5) is 0 Å². The van der Waals surface area contributed by atoms with Crippen molar-refractivity contribution in [2.45, 2.75) is 232 Å². The van der Waals surface area contributed by atoms with Crippen molar-refractivity contribution >= 4 is 22.7 Å². The van der Waals surface area contributed by atoms with Crippen molar-refractivity contribution in [3.8, 4) is 11.5 Å². The van der Waals surface area contributed by atoms with E-state index in [2.05, 4.69) is 27.0 Å². The van der Waals surface area contributed by atoms with E-state index in [1.165, 1.54) is 180 Å². The zero-order chi connectivity index (χ0) is 47.4. The fourth-order valence-electron chi connectivity index (χ4n) is 8.46. The minimum Gasteiger partial charge on any atom is -0.489 e. The van der Waals surface area contributed by atoms with E-state index in [-0.39, 0.29) is 26.4 Å². The number of hydrogen-bond acceptors (Lipinski definition) is 8. The number of rotatable bonds is 48. The first-order valence-electron chi connectivity index (χ1n) is 27.1. The van der Waals surface area contributed by atoms with Crippen LogP contribution in [-0.4, -0.2) is 63.8 Å². The molecule has 2 unspecified atom stereocenters. The Kier molecular flexibility index (Phi) is 38.2. The summed E-state index contributed by atoms with van der Waals surface area (Å²) in [4.78, 5) is 24.4. The zero-order valence-electron chi connectivity index (χ0n) is 42.3. The summed E-state index contributed by atoms with van der Waals surface area (Å²) in [6.45, 7) is 13.6. The molecule has 0 amide bonds. The molecule has 0 saturated heterocycles. The van der Waals surface area contributed by atoms with Gasteiger partial charge in [-0.3, -0.25) is 0 Å². The van der Waals surface area contributed by atoms with E-state index < -0.39 is 24.1 Å². The minimum absolute atomic E-state index is 0.124. The minimum atomic E-state index is -0.592. The number of carbonyl (C=O) groups excluding carboxylic acids is 2. The fraction of sp³-hybridized carbons (Fsp3) is 0.724. The van der Waals surface area contributed by atoms with Gasteiger partial charge in [0.25, 0.3) is 0 Å². The van der Waals surface area contributed by atoms with Crippen molar-refractivity contribution in [1.82, 2.24) is 0 Å². The molecular weight excluding hydrogens is 825 g/mol. The van der Waals surface area contributed by atoms with Crippen molar-refractivity contribution in [2.75, 3.05) is 39.6 Å². The summed E-state index contributed by atoms with van der Waals surface area (Å²) in [6.07, 6.45) is 43.5. The topological polar surface area (TPSA) is 89.5 Å². The van der Waals surface area contributed by atoms with Gasteiger partial charge < -0.3 is 28.4 Å². The second-order valence-electron chi connectivity index (χ2n) is 18.5. The van der Waals surface area contributed by atoms with E-state index >= 15 is 0 Å². The molecule has 2 aromatic carbocycles. The molecule has 0 fully saturated rings. The highest BCUT2D eigenvalue weighted by Gasteiger charge is 2.18. The van der Waals surface area contributed by atoms with E-state index in [1.54, 1.807) is 0 Å². The standard InChI is InChI=1S/C58H96O8/c1-5-9-11-13-15-17-19-21-23-25-27-29-31-33-35-37-45-61-47-51(65-57(59)7-3)49-63-55-43-39-42-54-53(55)41-40-44-56(54)64-50-52(66-58(60)8-4)48-62-46-38-36-34-32-30-28-26-24-22-20-18-16-14-12-10-6-2/h7-8,39-44,51-52H,3-6,9-38,45-50H2,1-2H3. The maximum atomic E-state index is 12.2. The molecule has 0 radical (unpaired) electrons. The molecule has 2 rings (SSSR count). The van der Waals surface area contributed by atoms with Gasteiger partial charge in [0.2, 0.25) is 0 Å². The maximum absolute atomic E-state index is 12.2. The molecule has 0 spiro atoms. The molecule has 0 aromatic heterocycles. The Morgan fingerprint density at radius 3 is 0.955 bits per heavy atom. The first-order valence-corrected chi connectivity index (χ1v) is 27.1. The summed E-state index contributed by atoms with van der Waals surface area (Å²) in [5.74, 6) is 0.243. The van der Waals surface area contributed by atoms with Crippen LogP contribution in [0.5, 0.6) is 11.5 Å². The van der Waals surface area contributed by atoms with E-state index in [4.69, 9.17) is 28.4 Å². The molecule has 0 N–H and O–H groups in total. The van der Waals surface area contributed by atoms with Crippen molar-refractivity contribution in [1.29, 1.82) is 0 Å². The summed E-state index contributed by atoms with van der Waals surface area (Å²) < 4.78 is 35.7. The molecule has 0 aliphatic carbocycles. The van der Waals surface area contributed by atoms with Gasteiger partial charge in [0.15, 0.2) is 12.2 Å². The number of benzene rings is 2. The van der Waals surface area contributed by atoms with Gasteiger partial charge >= 0.3 is 11.9 Å². The molecule has 0 bridgehead atoms. The third-order valence-electron chi connectivity index (χ3n) is 12.5.